The van der Waals surface area contributed by atoms with Crippen LogP contribution in [0.5, 0.6) is 0 Å². The van der Waals surface area contributed by atoms with E-state index in [-0.39, 0.29) is 0 Å². The fraction of sp³-hybridized carbons (Fsp3) is 0.412. The Hall–Kier alpha value is -1.12. The summed E-state index contributed by atoms with van der Waals surface area (Å²) in [6.07, 6.45) is 1.18. The monoisotopic (exact) mass is 273 g/mol. The summed E-state index contributed by atoms with van der Waals surface area (Å²) in [4.78, 5) is 2.80. The van der Waals surface area contributed by atoms with Crippen molar-refractivity contribution in [3.05, 3.63) is 46.3 Å². The van der Waals surface area contributed by atoms with E-state index in [1.807, 2.05) is 11.3 Å². The van der Waals surface area contributed by atoms with Gasteiger partial charge in [0.2, 0.25) is 0 Å². The fourth-order valence-corrected chi connectivity index (χ4v) is 3.31. The molecule has 0 spiro atoms. The molecule has 0 saturated heterocycles. The smallest absolute Gasteiger partial charge is 0.0386 e. The Bertz CT molecular complexity index is 542. The summed E-state index contributed by atoms with van der Waals surface area (Å²) < 4.78 is 0. The maximum absolute atomic E-state index is 3.55. The highest BCUT2D eigenvalue weighted by Crippen LogP contribution is 2.33. The SMILES string of the molecule is CCCNC(C)c1ccc(-c2cc(C)ccc2C)s1. The van der Waals surface area contributed by atoms with Crippen molar-refractivity contribution in [1.29, 1.82) is 0 Å². The van der Waals surface area contributed by atoms with Crippen LogP contribution in [0.2, 0.25) is 0 Å². The molecule has 1 N–H and O–H groups in total. The molecule has 2 rings (SSSR count). The number of rotatable bonds is 5. The third kappa shape index (κ3) is 3.46. The summed E-state index contributed by atoms with van der Waals surface area (Å²) in [5.74, 6) is 0. The number of thiophene rings is 1. The van der Waals surface area contributed by atoms with Crippen molar-refractivity contribution < 1.29 is 0 Å². The molecule has 102 valence electrons. The summed E-state index contributed by atoms with van der Waals surface area (Å²) in [7, 11) is 0. The standard InChI is InChI=1S/C17H23NS/c1-5-10-18-14(4)16-8-9-17(19-16)15-11-12(2)6-7-13(15)3/h6-9,11,14,18H,5,10H2,1-4H3. The molecule has 1 nitrogen and oxygen atoms in total. The van der Waals surface area contributed by atoms with Gasteiger partial charge in [-0.25, -0.2) is 0 Å². The van der Waals surface area contributed by atoms with Gasteiger partial charge in [-0.2, -0.15) is 0 Å². The van der Waals surface area contributed by atoms with Gasteiger partial charge in [0.1, 0.15) is 0 Å². The molecule has 19 heavy (non-hydrogen) atoms. The van der Waals surface area contributed by atoms with Crippen molar-refractivity contribution >= 4 is 11.3 Å². The molecule has 2 heteroatoms. The molecule has 0 aliphatic carbocycles. The minimum atomic E-state index is 0.448. The Morgan fingerprint density at radius 2 is 1.95 bits per heavy atom. The van der Waals surface area contributed by atoms with Gasteiger partial charge < -0.3 is 5.32 Å². The average Bonchev–Trinajstić information content (AvgIpc) is 2.88. The third-order valence-electron chi connectivity index (χ3n) is 3.41. The van der Waals surface area contributed by atoms with Crippen LogP contribution in [0.1, 0.15) is 42.3 Å². The molecule has 1 unspecified atom stereocenters. The molecule has 0 radical (unpaired) electrons. The molecule has 0 aliphatic rings. The summed E-state index contributed by atoms with van der Waals surface area (Å²) in [6, 6.07) is 11.6. The van der Waals surface area contributed by atoms with Crippen molar-refractivity contribution in [1.82, 2.24) is 5.32 Å². The predicted octanol–water partition coefficient (Wildman–Crippen LogP) is 5.09. The van der Waals surface area contributed by atoms with Gasteiger partial charge in [-0.15, -0.1) is 11.3 Å². The molecule has 1 aromatic heterocycles. The van der Waals surface area contributed by atoms with Gasteiger partial charge in [0.25, 0.3) is 0 Å². The van der Waals surface area contributed by atoms with E-state index >= 15 is 0 Å². The topological polar surface area (TPSA) is 12.0 Å². The van der Waals surface area contributed by atoms with Crippen LogP contribution in [-0.2, 0) is 0 Å². The minimum absolute atomic E-state index is 0.448. The minimum Gasteiger partial charge on any atom is -0.309 e. The van der Waals surface area contributed by atoms with Crippen molar-refractivity contribution in [3.8, 4) is 10.4 Å². The van der Waals surface area contributed by atoms with Crippen LogP contribution in [0, 0.1) is 13.8 Å². The zero-order chi connectivity index (χ0) is 13.8. The van der Waals surface area contributed by atoms with E-state index in [0.717, 1.165) is 6.54 Å². The lowest BCUT2D eigenvalue weighted by molar-refractivity contribution is 0.578. The quantitative estimate of drug-likeness (QED) is 0.800. The molecule has 0 aliphatic heterocycles. The normalized spacial score (nSPS) is 12.6. The molecule has 0 amide bonds. The maximum atomic E-state index is 3.55. The number of benzene rings is 1. The van der Waals surface area contributed by atoms with Crippen molar-refractivity contribution in [2.75, 3.05) is 6.54 Å². The van der Waals surface area contributed by atoms with Crippen LogP contribution in [0.25, 0.3) is 10.4 Å². The van der Waals surface area contributed by atoms with Crippen LogP contribution in [0.3, 0.4) is 0 Å². The molecule has 0 bridgehead atoms. The second-order valence-corrected chi connectivity index (χ2v) is 6.31. The van der Waals surface area contributed by atoms with E-state index in [1.165, 1.54) is 32.9 Å². The van der Waals surface area contributed by atoms with E-state index in [2.05, 4.69) is 63.3 Å². The second kappa shape index (κ2) is 6.36. The molecule has 1 heterocycles. The lowest BCUT2D eigenvalue weighted by Crippen LogP contribution is -2.18. The molecule has 1 aromatic carbocycles. The maximum Gasteiger partial charge on any atom is 0.0386 e. The molecule has 0 fully saturated rings. The van der Waals surface area contributed by atoms with Gasteiger partial charge in [-0.3, -0.25) is 0 Å². The van der Waals surface area contributed by atoms with Crippen LogP contribution in [-0.4, -0.2) is 6.54 Å². The van der Waals surface area contributed by atoms with Gasteiger partial charge in [0, 0.05) is 15.8 Å². The van der Waals surface area contributed by atoms with E-state index in [0.29, 0.717) is 6.04 Å². The van der Waals surface area contributed by atoms with Crippen molar-refractivity contribution in [2.45, 2.75) is 40.2 Å². The predicted molar refractivity (Wildman–Crippen MR) is 85.9 cm³/mol. The highest BCUT2D eigenvalue weighted by atomic mass is 32.1. The highest BCUT2D eigenvalue weighted by Gasteiger charge is 2.10. The van der Waals surface area contributed by atoms with Gasteiger partial charge >= 0.3 is 0 Å². The van der Waals surface area contributed by atoms with Crippen LogP contribution < -0.4 is 5.32 Å². The number of hydrogen-bond donors (Lipinski definition) is 1. The van der Waals surface area contributed by atoms with Crippen LogP contribution in [0.4, 0.5) is 0 Å². The number of hydrogen-bond acceptors (Lipinski definition) is 2. The molecular formula is C17H23NS. The number of nitrogens with one attached hydrogen (secondary N) is 1. The Balaban J connectivity index is 2.23. The van der Waals surface area contributed by atoms with Gasteiger partial charge in [-0.05, 0) is 57.0 Å². The van der Waals surface area contributed by atoms with Gasteiger partial charge in [0.05, 0.1) is 0 Å². The Morgan fingerprint density at radius 3 is 2.68 bits per heavy atom. The van der Waals surface area contributed by atoms with E-state index < -0.39 is 0 Å². The van der Waals surface area contributed by atoms with Crippen molar-refractivity contribution in [2.24, 2.45) is 0 Å². The zero-order valence-electron chi connectivity index (χ0n) is 12.3. The first-order chi connectivity index (χ1) is 9.11. The van der Waals surface area contributed by atoms with Crippen LogP contribution >= 0.6 is 11.3 Å². The summed E-state index contributed by atoms with van der Waals surface area (Å²) in [5.41, 5.74) is 4.06. The highest BCUT2D eigenvalue weighted by molar-refractivity contribution is 7.15. The van der Waals surface area contributed by atoms with Crippen molar-refractivity contribution in [3.63, 3.8) is 0 Å². The molecule has 0 saturated carbocycles. The summed E-state index contributed by atoms with van der Waals surface area (Å²) >= 11 is 1.90. The largest absolute Gasteiger partial charge is 0.309 e. The third-order valence-corrected chi connectivity index (χ3v) is 4.71. The first-order valence-corrected chi connectivity index (χ1v) is 7.84. The Kier molecular flexibility index (Phi) is 4.78. The van der Waals surface area contributed by atoms with E-state index in [9.17, 15) is 0 Å². The first kappa shape index (κ1) is 14.3. The Morgan fingerprint density at radius 1 is 1.16 bits per heavy atom. The van der Waals surface area contributed by atoms with Gasteiger partial charge in [-0.1, -0.05) is 30.7 Å². The first-order valence-electron chi connectivity index (χ1n) is 7.02. The van der Waals surface area contributed by atoms with Crippen LogP contribution in [0.15, 0.2) is 30.3 Å². The average molecular weight is 273 g/mol. The Labute approximate surface area is 120 Å². The second-order valence-electron chi connectivity index (χ2n) is 5.20. The van der Waals surface area contributed by atoms with E-state index in [1.54, 1.807) is 0 Å². The fourth-order valence-electron chi connectivity index (χ4n) is 2.19. The number of aryl methyl sites for hydroxylation is 2. The lowest BCUT2D eigenvalue weighted by atomic mass is 10.0. The molecule has 2 aromatic rings. The summed E-state index contributed by atoms with van der Waals surface area (Å²) in [6.45, 7) is 9.87. The molecular weight excluding hydrogens is 250 g/mol. The summed E-state index contributed by atoms with van der Waals surface area (Å²) in [5, 5.41) is 3.55. The lowest BCUT2D eigenvalue weighted by Gasteiger charge is -2.10. The zero-order valence-corrected chi connectivity index (χ0v) is 13.1. The van der Waals surface area contributed by atoms with E-state index in [4.69, 9.17) is 0 Å². The molecule has 1 atom stereocenters. The van der Waals surface area contributed by atoms with Gasteiger partial charge in [0.15, 0.2) is 0 Å².